The van der Waals surface area contributed by atoms with Crippen LogP contribution in [0, 0.1) is 21.4 Å². The lowest BCUT2D eigenvalue weighted by molar-refractivity contribution is -0.384. The maximum absolute atomic E-state index is 11.1. The van der Waals surface area contributed by atoms with E-state index in [1.54, 1.807) is 6.07 Å². The summed E-state index contributed by atoms with van der Waals surface area (Å²) in [5.74, 6) is 0.301. The molecule has 1 heterocycles. The summed E-state index contributed by atoms with van der Waals surface area (Å²) in [6.07, 6.45) is 1.22. The van der Waals surface area contributed by atoms with Crippen LogP contribution in [0.1, 0.15) is 20.3 Å². The largest absolute Gasteiger partial charge is 0.508 e. The number of phenolic OH excluding ortho intramolecular Hbond substituents is 1. The van der Waals surface area contributed by atoms with Crippen molar-refractivity contribution < 1.29 is 14.8 Å². The Morgan fingerprint density at radius 2 is 2.25 bits per heavy atom. The van der Waals surface area contributed by atoms with Crippen LogP contribution in [0.4, 0.5) is 11.4 Å². The van der Waals surface area contributed by atoms with E-state index < -0.39 is 4.92 Å². The molecule has 1 saturated heterocycles. The van der Waals surface area contributed by atoms with Gasteiger partial charge in [-0.25, -0.2) is 0 Å². The summed E-state index contributed by atoms with van der Waals surface area (Å²) < 4.78 is 5.72. The maximum Gasteiger partial charge on any atom is 0.296 e. The molecular formula is C14H18N2O4. The number of nitro groups is 1. The normalized spacial score (nSPS) is 30.4. The number of nitrogens with zero attached hydrogens (tertiary/aromatic N) is 1. The topological polar surface area (TPSA) is 84.6 Å². The number of aromatic hydroxyl groups is 1. The highest BCUT2D eigenvalue weighted by atomic mass is 16.6. The fourth-order valence-corrected chi connectivity index (χ4v) is 3.58. The number of hydrogen-bond acceptors (Lipinski definition) is 5. The molecule has 6 heteroatoms. The second-order valence-corrected chi connectivity index (χ2v) is 6.15. The molecule has 0 spiro atoms. The highest BCUT2D eigenvalue weighted by molar-refractivity contribution is 5.64. The standard InChI is InChI=1S/C14H18N2O4/c1-14(2)12(9-5-6-20-13(9)14)15-10-4-3-8(17)7-11(10)16(18)19/h3-4,7,9,12-13,15,17H,5-6H2,1-2H3. The molecule has 3 rings (SSSR count). The van der Waals surface area contributed by atoms with Crippen LogP contribution < -0.4 is 5.32 Å². The first kappa shape index (κ1) is 13.2. The zero-order valence-corrected chi connectivity index (χ0v) is 11.5. The third kappa shape index (κ3) is 1.83. The van der Waals surface area contributed by atoms with Gasteiger partial charge in [-0.15, -0.1) is 0 Å². The summed E-state index contributed by atoms with van der Waals surface area (Å²) in [6.45, 7) is 4.99. The Balaban J connectivity index is 1.87. The highest BCUT2D eigenvalue weighted by Crippen LogP contribution is 2.53. The first-order valence-electron chi connectivity index (χ1n) is 6.77. The number of nitro benzene ring substituents is 1. The van der Waals surface area contributed by atoms with E-state index in [0.29, 0.717) is 11.6 Å². The molecule has 0 radical (unpaired) electrons. The molecule has 2 fully saturated rings. The number of benzene rings is 1. The molecule has 1 aromatic rings. The van der Waals surface area contributed by atoms with Crippen molar-refractivity contribution in [2.24, 2.45) is 11.3 Å². The molecule has 20 heavy (non-hydrogen) atoms. The second kappa shape index (κ2) is 4.34. The average molecular weight is 278 g/mol. The van der Waals surface area contributed by atoms with E-state index in [-0.39, 0.29) is 29.0 Å². The minimum Gasteiger partial charge on any atom is -0.508 e. The lowest BCUT2D eigenvalue weighted by Gasteiger charge is -2.54. The third-order valence-corrected chi connectivity index (χ3v) is 4.59. The number of hydrogen-bond donors (Lipinski definition) is 2. The van der Waals surface area contributed by atoms with Crippen LogP contribution in [0.15, 0.2) is 18.2 Å². The van der Waals surface area contributed by atoms with Crippen LogP contribution in [0.3, 0.4) is 0 Å². The molecule has 0 amide bonds. The van der Waals surface area contributed by atoms with Gasteiger partial charge in [-0.1, -0.05) is 13.8 Å². The fourth-order valence-electron chi connectivity index (χ4n) is 3.58. The van der Waals surface area contributed by atoms with Gasteiger partial charge in [0.25, 0.3) is 5.69 Å². The van der Waals surface area contributed by atoms with Crippen LogP contribution in [0.2, 0.25) is 0 Å². The Kier molecular flexibility index (Phi) is 2.86. The molecule has 3 unspecified atom stereocenters. The van der Waals surface area contributed by atoms with Crippen molar-refractivity contribution in [2.45, 2.75) is 32.4 Å². The van der Waals surface area contributed by atoms with Crippen LogP contribution in [-0.4, -0.2) is 28.8 Å². The zero-order valence-electron chi connectivity index (χ0n) is 11.5. The van der Waals surface area contributed by atoms with Crippen molar-refractivity contribution in [1.29, 1.82) is 0 Å². The summed E-state index contributed by atoms with van der Waals surface area (Å²) in [4.78, 5) is 10.6. The molecule has 1 aromatic carbocycles. The second-order valence-electron chi connectivity index (χ2n) is 6.15. The lowest BCUT2D eigenvalue weighted by Crippen LogP contribution is -2.63. The van der Waals surface area contributed by atoms with Gasteiger partial charge in [0.1, 0.15) is 11.4 Å². The van der Waals surface area contributed by atoms with Gasteiger partial charge < -0.3 is 15.2 Å². The fraction of sp³-hybridized carbons (Fsp3) is 0.571. The number of fused-ring (bicyclic) bond motifs is 1. The van der Waals surface area contributed by atoms with E-state index in [9.17, 15) is 15.2 Å². The molecule has 2 N–H and O–H groups in total. The minimum atomic E-state index is -0.476. The Hall–Kier alpha value is -1.82. The van der Waals surface area contributed by atoms with Crippen molar-refractivity contribution in [3.8, 4) is 5.75 Å². The molecule has 0 bridgehead atoms. The van der Waals surface area contributed by atoms with Crippen molar-refractivity contribution in [2.75, 3.05) is 11.9 Å². The monoisotopic (exact) mass is 278 g/mol. The number of ether oxygens (including phenoxy) is 1. The van der Waals surface area contributed by atoms with E-state index in [0.717, 1.165) is 13.0 Å². The van der Waals surface area contributed by atoms with Gasteiger partial charge in [0.15, 0.2) is 0 Å². The van der Waals surface area contributed by atoms with E-state index in [4.69, 9.17) is 4.74 Å². The summed E-state index contributed by atoms with van der Waals surface area (Å²) >= 11 is 0. The van der Waals surface area contributed by atoms with Crippen LogP contribution >= 0.6 is 0 Å². The van der Waals surface area contributed by atoms with Crippen LogP contribution in [0.25, 0.3) is 0 Å². The molecule has 3 atom stereocenters. The van der Waals surface area contributed by atoms with Crippen LogP contribution in [0.5, 0.6) is 5.75 Å². The van der Waals surface area contributed by atoms with Gasteiger partial charge in [0, 0.05) is 24.0 Å². The summed E-state index contributed by atoms with van der Waals surface area (Å²) in [7, 11) is 0. The SMILES string of the molecule is CC1(C)C(Nc2ccc(O)cc2[N+](=O)[O-])C2CCOC21. The molecule has 0 aromatic heterocycles. The van der Waals surface area contributed by atoms with Gasteiger partial charge in [-0.3, -0.25) is 10.1 Å². The van der Waals surface area contributed by atoms with Crippen molar-refractivity contribution in [3.05, 3.63) is 28.3 Å². The van der Waals surface area contributed by atoms with E-state index >= 15 is 0 Å². The average Bonchev–Trinajstić information content (AvgIpc) is 2.83. The molecule has 6 nitrogen and oxygen atoms in total. The Bertz CT molecular complexity index is 558. The molecule has 1 aliphatic carbocycles. The lowest BCUT2D eigenvalue weighted by atomic mass is 9.57. The quantitative estimate of drug-likeness (QED) is 0.504. The molecule has 1 saturated carbocycles. The first-order chi connectivity index (χ1) is 9.41. The Morgan fingerprint density at radius 1 is 1.50 bits per heavy atom. The first-order valence-corrected chi connectivity index (χ1v) is 6.77. The third-order valence-electron chi connectivity index (χ3n) is 4.59. The molecule has 2 aliphatic rings. The van der Waals surface area contributed by atoms with E-state index in [2.05, 4.69) is 19.2 Å². The van der Waals surface area contributed by atoms with Crippen LogP contribution in [-0.2, 0) is 4.74 Å². The molecular weight excluding hydrogens is 260 g/mol. The molecule has 108 valence electrons. The number of rotatable bonds is 3. The predicted octanol–water partition coefficient (Wildman–Crippen LogP) is 2.53. The van der Waals surface area contributed by atoms with Gasteiger partial charge in [0.2, 0.25) is 0 Å². The summed E-state index contributed by atoms with van der Waals surface area (Å²) in [5, 5.41) is 23.8. The summed E-state index contributed by atoms with van der Waals surface area (Å²) in [6, 6.07) is 4.35. The number of anilines is 1. The van der Waals surface area contributed by atoms with Gasteiger partial charge in [-0.2, -0.15) is 0 Å². The predicted molar refractivity (Wildman–Crippen MR) is 73.8 cm³/mol. The number of nitrogens with one attached hydrogen (secondary N) is 1. The van der Waals surface area contributed by atoms with E-state index in [1.165, 1.54) is 12.1 Å². The van der Waals surface area contributed by atoms with Crippen molar-refractivity contribution in [1.82, 2.24) is 0 Å². The minimum absolute atomic E-state index is 0.0487. The number of phenols is 1. The smallest absolute Gasteiger partial charge is 0.296 e. The molecule has 1 aliphatic heterocycles. The van der Waals surface area contributed by atoms with Gasteiger partial charge in [-0.05, 0) is 18.6 Å². The Morgan fingerprint density at radius 3 is 2.95 bits per heavy atom. The van der Waals surface area contributed by atoms with Gasteiger partial charge in [0.05, 0.1) is 17.1 Å². The maximum atomic E-state index is 11.1. The Labute approximate surface area is 116 Å². The van der Waals surface area contributed by atoms with Crippen molar-refractivity contribution >= 4 is 11.4 Å². The summed E-state index contributed by atoms with van der Waals surface area (Å²) in [5.41, 5.74) is 0.312. The van der Waals surface area contributed by atoms with Crippen molar-refractivity contribution in [3.63, 3.8) is 0 Å². The zero-order chi connectivity index (χ0) is 14.5. The van der Waals surface area contributed by atoms with E-state index in [1.807, 2.05) is 0 Å². The van der Waals surface area contributed by atoms with Gasteiger partial charge >= 0.3 is 0 Å². The highest BCUT2D eigenvalue weighted by Gasteiger charge is 2.59.